The molecule has 0 heterocycles. The smallest absolute Gasteiger partial charge is 0.191 e. The van der Waals surface area contributed by atoms with E-state index in [2.05, 4.69) is 61.5 Å². The molecule has 0 aliphatic heterocycles. The fraction of sp³-hybridized carbons (Fsp3) is 0.562. The molecule has 2 N–H and O–H groups in total. The number of benzene rings is 1. The van der Waals surface area contributed by atoms with E-state index in [4.69, 9.17) is 4.74 Å². The molecule has 1 aromatic rings. The maximum atomic E-state index is 5.13. The first-order valence-corrected chi connectivity index (χ1v) is 7.16. The zero-order chi connectivity index (χ0) is 15.0. The third kappa shape index (κ3) is 5.61. The van der Waals surface area contributed by atoms with Gasteiger partial charge in [0.1, 0.15) is 0 Å². The standard InChI is InChI=1S/C16H27N3O/c1-6-17-16(19-14(4)11-20-5)18-10-15-8-7-12(2)9-13(15)3/h7-9,14H,6,10-11H2,1-5H3,(H2,17,18,19). The highest BCUT2D eigenvalue weighted by molar-refractivity contribution is 5.80. The zero-order valence-electron chi connectivity index (χ0n) is 13.3. The Morgan fingerprint density at radius 2 is 2.10 bits per heavy atom. The van der Waals surface area contributed by atoms with Gasteiger partial charge in [-0.05, 0) is 38.8 Å². The van der Waals surface area contributed by atoms with Gasteiger partial charge in [-0.25, -0.2) is 4.99 Å². The Kier molecular flexibility index (Phi) is 7.09. The van der Waals surface area contributed by atoms with Gasteiger partial charge >= 0.3 is 0 Å². The number of hydrogen-bond donors (Lipinski definition) is 2. The van der Waals surface area contributed by atoms with Crippen molar-refractivity contribution >= 4 is 5.96 Å². The molecule has 0 bridgehead atoms. The summed E-state index contributed by atoms with van der Waals surface area (Å²) >= 11 is 0. The number of ether oxygens (including phenoxy) is 1. The second kappa shape index (κ2) is 8.59. The largest absolute Gasteiger partial charge is 0.383 e. The molecule has 0 amide bonds. The van der Waals surface area contributed by atoms with Crippen LogP contribution in [0.3, 0.4) is 0 Å². The van der Waals surface area contributed by atoms with Crippen molar-refractivity contribution in [2.45, 2.75) is 40.3 Å². The minimum absolute atomic E-state index is 0.233. The summed E-state index contributed by atoms with van der Waals surface area (Å²) in [6.45, 7) is 10.6. The monoisotopic (exact) mass is 277 g/mol. The van der Waals surface area contributed by atoms with Crippen molar-refractivity contribution in [3.05, 3.63) is 34.9 Å². The number of nitrogens with zero attached hydrogens (tertiary/aromatic N) is 1. The van der Waals surface area contributed by atoms with E-state index in [1.165, 1.54) is 16.7 Å². The highest BCUT2D eigenvalue weighted by Crippen LogP contribution is 2.11. The molecule has 0 aromatic heterocycles. The second-order valence-corrected chi connectivity index (χ2v) is 5.13. The molecule has 1 unspecified atom stereocenters. The van der Waals surface area contributed by atoms with E-state index in [1.54, 1.807) is 7.11 Å². The zero-order valence-corrected chi connectivity index (χ0v) is 13.3. The van der Waals surface area contributed by atoms with Crippen LogP contribution < -0.4 is 10.6 Å². The molecule has 0 aliphatic rings. The van der Waals surface area contributed by atoms with Gasteiger partial charge in [0.2, 0.25) is 0 Å². The van der Waals surface area contributed by atoms with Crippen molar-refractivity contribution in [3.8, 4) is 0 Å². The molecule has 0 spiro atoms. The van der Waals surface area contributed by atoms with Crippen LogP contribution in [0.2, 0.25) is 0 Å². The maximum absolute atomic E-state index is 5.13. The average Bonchev–Trinajstić information content (AvgIpc) is 2.38. The van der Waals surface area contributed by atoms with Crippen molar-refractivity contribution < 1.29 is 4.74 Å². The minimum atomic E-state index is 0.233. The lowest BCUT2D eigenvalue weighted by Crippen LogP contribution is -2.43. The van der Waals surface area contributed by atoms with Crippen molar-refractivity contribution in [2.75, 3.05) is 20.3 Å². The molecule has 112 valence electrons. The summed E-state index contributed by atoms with van der Waals surface area (Å²) in [5.41, 5.74) is 3.83. The van der Waals surface area contributed by atoms with Gasteiger partial charge in [-0.2, -0.15) is 0 Å². The van der Waals surface area contributed by atoms with E-state index in [0.29, 0.717) is 13.2 Å². The van der Waals surface area contributed by atoms with Crippen LogP contribution >= 0.6 is 0 Å². The van der Waals surface area contributed by atoms with Gasteiger partial charge in [-0.3, -0.25) is 0 Å². The summed E-state index contributed by atoms with van der Waals surface area (Å²) in [7, 11) is 1.71. The van der Waals surface area contributed by atoms with Crippen molar-refractivity contribution in [3.63, 3.8) is 0 Å². The predicted octanol–water partition coefficient (Wildman–Crippen LogP) is 2.39. The molecule has 0 saturated carbocycles. The Morgan fingerprint density at radius 3 is 2.70 bits per heavy atom. The number of hydrogen-bond acceptors (Lipinski definition) is 2. The molecule has 4 heteroatoms. The molecule has 1 aromatic carbocycles. The van der Waals surface area contributed by atoms with E-state index < -0.39 is 0 Å². The third-order valence-corrected chi connectivity index (χ3v) is 3.05. The minimum Gasteiger partial charge on any atom is -0.383 e. The van der Waals surface area contributed by atoms with E-state index in [9.17, 15) is 0 Å². The van der Waals surface area contributed by atoms with E-state index in [-0.39, 0.29) is 6.04 Å². The Morgan fingerprint density at radius 1 is 1.35 bits per heavy atom. The number of nitrogens with one attached hydrogen (secondary N) is 2. The Hall–Kier alpha value is -1.55. The first kappa shape index (κ1) is 16.5. The summed E-state index contributed by atoms with van der Waals surface area (Å²) < 4.78 is 5.13. The Labute approximate surface area is 122 Å². The van der Waals surface area contributed by atoms with E-state index in [1.807, 2.05) is 0 Å². The topological polar surface area (TPSA) is 45.7 Å². The Bertz CT molecular complexity index is 443. The van der Waals surface area contributed by atoms with Crippen LogP contribution in [0.15, 0.2) is 23.2 Å². The van der Waals surface area contributed by atoms with Gasteiger partial charge in [0.15, 0.2) is 5.96 Å². The predicted molar refractivity (Wildman–Crippen MR) is 85.2 cm³/mol. The van der Waals surface area contributed by atoms with Crippen molar-refractivity contribution in [1.82, 2.24) is 10.6 Å². The summed E-state index contributed by atoms with van der Waals surface area (Å²) in [4.78, 5) is 4.64. The van der Waals surface area contributed by atoms with Crippen LogP contribution in [0.1, 0.15) is 30.5 Å². The number of aliphatic imine (C=N–C) groups is 1. The summed E-state index contributed by atoms with van der Waals surface area (Å²) in [6, 6.07) is 6.71. The fourth-order valence-electron chi connectivity index (χ4n) is 2.03. The average molecular weight is 277 g/mol. The van der Waals surface area contributed by atoms with Gasteiger partial charge in [-0.15, -0.1) is 0 Å². The quantitative estimate of drug-likeness (QED) is 0.620. The van der Waals surface area contributed by atoms with Crippen LogP contribution in [-0.2, 0) is 11.3 Å². The van der Waals surface area contributed by atoms with Crippen LogP contribution in [-0.4, -0.2) is 32.3 Å². The SMILES string of the molecule is CCNC(=NCc1ccc(C)cc1C)NC(C)COC. The van der Waals surface area contributed by atoms with E-state index >= 15 is 0 Å². The Balaban J connectivity index is 2.70. The number of methoxy groups -OCH3 is 1. The van der Waals surface area contributed by atoms with Crippen molar-refractivity contribution in [1.29, 1.82) is 0 Å². The molecule has 4 nitrogen and oxygen atoms in total. The van der Waals surface area contributed by atoms with Gasteiger partial charge < -0.3 is 15.4 Å². The highest BCUT2D eigenvalue weighted by atomic mass is 16.5. The fourth-order valence-corrected chi connectivity index (χ4v) is 2.03. The summed E-state index contributed by atoms with van der Waals surface area (Å²) in [5, 5.41) is 6.59. The first-order valence-electron chi connectivity index (χ1n) is 7.16. The van der Waals surface area contributed by atoms with Crippen LogP contribution in [0.5, 0.6) is 0 Å². The molecule has 1 rings (SSSR count). The van der Waals surface area contributed by atoms with Gasteiger partial charge in [0, 0.05) is 19.7 Å². The molecule has 0 aliphatic carbocycles. The molecule has 1 atom stereocenters. The molecule has 0 saturated heterocycles. The van der Waals surface area contributed by atoms with Crippen LogP contribution in [0.25, 0.3) is 0 Å². The summed E-state index contributed by atoms with van der Waals surface area (Å²) in [5.74, 6) is 0.831. The number of aryl methyl sites for hydroxylation is 2. The molecular weight excluding hydrogens is 250 g/mol. The first-order chi connectivity index (χ1) is 9.56. The maximum Gasteiger partial charge on any atom is 0.191 e. The lowest BCUT2D eigenvalue weighted by Gasteiger charge is -2.17. The molecule has 20 heavy (non-hydrogen) atoms. The van der Waals surface area contributed by atoms with Crippen molar-refractivity contribution in [2.24, 2.45) is 4.99 Å². The lowest BCUT2D eigenvalue weighted by atomic mass is 10.1. The van der Waals surface area contributed by atoms with Gasteiger partial charge in [-0.1, -0.05) is 23.8 Å². The normalized spacial score (nSPS) is 13.2. The van der Waals surface area contributed by atoms with E-state index in [0.717, 1.165) is 12.5 Å². The van der Waals surface area contributed by atoms with Gasteiger partial charge in [0.25, 0.3) is 0 Å². The lowest BCUT2D eigenvalue weighted by molar-refractivity contribution is 0.179. The van der Waals surface area contributed by atoms with Crippen LogP contribution in [0, 0.1) is 13.8 Å². The molecule has 0 fully saturated rings. The van der Waals surface area contributed by atoms with Gasteiger partial charge in [0.05, 0.1) is 13.2 Å². The number of guanidine groups is 1. The summed E-state index contributed by atoms with van der Waals surface area (Å²) in [6.07, 6.45) is 0. The van der Waals surface area contributed by atoms with Crippen LogP contribution in [0.4, 0.5) is 0 Å². The third-order valence-electron chi connectivity index (χ3n) is 3.05. The molecular formula is C16H27N3O. The second-order valence-electron chi connectivity index (χ2n) is 5.13. The highest BCUT2D eigenvalue weighted by Gasteiger charge is 2.05. The number of rotatable bonds is 6. The molecule has 0 radical (unpaired) electrons.